The van der Waals surface area contributed by atoms with Crippen molar-refractivity contribution < 1.29 is 9.84 Å². The molecule has 0 bridgehead atoms. The molecule has 20 heavy (non-hydrogen) atoms. The summed E-state index contributed by atoms with van der Waals surface area (Å²) in [5.41, 5.74) is -0.361. The number of phenols is 1. The molecule has 100 valence electrons. The number of aromatic hydroxyl groups is 1. The molecule has 0 aliphatic heterocycles. The number of hydrogen-bond donors (Lipinski definition) is 1. The van der Waals surface area contributed by atoms with Gasteiger partial charge in [-0.1, -0.05) is 24.3 Å². The predicted octanol–water partition coefficient (Wildman–Crippen LogP) is 2.43. The van der Waals surface area contributed by atoms with Crippen LogP contribution in [-0.2, 0) is 7.05 Å². The minimum atomic E-state index is -0.361. The number of benzene rings is 2. The predicted molar refractivity (Wildman–Crippen MR) is 75.2 cm³/mol. The number of aromatic nitrogens is 2. The Hall–Kier alpha value is -2.82. The minimum absolute atomic E-state index is 0.0311. The summed E-state index contributed by atoms with van der Waals surface area (Å²) in [5.74, 6) is 0.108. The van der Waals surface area contributed by atoms with Gasteiger partial charge in [-0.2, -0.15) is 0 Å². The van der Waals surface area contributed by atoms with E-state index in [1.54, 1.807) is 19.2 Å². The van der Waals surface area contributed by atoms with Crippen LogP contribution in [0.2, 0.25) is 0 Å². The molecule has 5 nitrogen and oxygen atoms in total. The topological polar surface area (TPSA) is 64.3 Å². The van der Waals surface area contributed by atoms with Gasteiger partial charge in [0.05, 0.1) is 0 Å². The summed E-state index contributed by atoms with van der Waals surface area (Å²) in [6.45, 7) is 0. The van der Waals surface area contributed by atoms with E-state index >= 15 is 0 Å². The van der Waals surface area contributed by atoms with Crippen molar-refractivity contribution in [2.24, 2.45) is 7.05 Å². The van der Waals surface area contributed by atoms with Crippen LogP contribution in [0, 0.1) is 0 Å². The Morgan fingerprint density at radius 2 is 1.90 bits per heavy atom. The second-order valence-electron chi connectivity index (χ2n) is 4.42. The SMILES string of the molecule is Cn1ccnc(Oc2cc3ccccc3cc2O)c1=O. The molecule has 0 fully saturated rings. The van der Waals surface area contributed by atoms with E-state index in [1.165, 1.54) is 17.0 Å². The molecule has 0 spiro atoms. The highest BCUT2D eigenvalue weighted by Gasteiger charge is 2.10. The lowest BCUT2D eigenvalue weighted by molar-refractivity contribution is 0.397. The van der Waals surface area contributed by atoms with Gasteiger partial charge in [0.2, 0.25) is 0 Å². The maximum absolute atomic E-state index is 11.8. The number of aryl methyl sites for hydroxylation is 1. The average molecular weight is 268 g/mol. The fourth-order valence-corrected chi connectivity index (χ4v) is 1.94. The van der Waals surface area contributed by atoms with Crippen molar-refractivity contribution in [3.05, 3.63) is 59.1 Å². The van der Waals surface area contributed by atoms with E-state index in [0.29, 0.717) is 0 Å². The quantitative estimate of drug-likeness (QED) is 0.775. The fourth-order valence-electron chi connectivity index (χ4n) is 1.94. The largest absolute Gasteiger partial charge is 0.504 e. The first-order valence-corrected chi connectivity index (χ1v) is 6.06. The van der Waals surface area contributed by atoms with Gasteiger partial charge >= 0.3 is 5.56 Å². The average Bonchev–Trinajstić information content (AvgIpc) is 2.44. The van der Waals surface area contributed by atoms with E-state index in [4.69, 9.17) is 4.74 Å². The lowest BCUT2D eigenvalue weighted by Gasteiger charge is -2.08. The molecular weight excluding hydrogens is 256 g/mol. The molecule has 0 radical (unpaired) electrons. The first-order valence-electron chi connectivity index (χ1n) is 6.06. The normalized spacial score (nSPS) is 10.7. The maximum atomic E-state index is 11.8. The van der Waals surface area contributed by atoms with Crippen LogP contribution in [0.1, 0.15) is 0 Å². The summed E-state index contributed by atoms with van der Waals surface area (Å²) in [6.07, 6.45) is 3.00. The van der Waals surface area contributed by atoms with E-state index in [9.17, 15) is 9.90 Å². The summed E-state index contributed by atoms with van der Waals surface area (Å²) in [5, 5.41) is 11.8. The van der Waals surface area contributed by atoms with Crippen molar-refractivity contribution in [3.8, 4) is 17.4 Å². The molecule has 0 atom stereocenters. The first kappa shape index (κ1) is 12.2. The Labute approximate surface area is 114 Å². The number of fused-ring (bicyclic) bond motifs is 1. The van der Waals surface area contributed by atoms with Gasteiger partial charge in [0.15, 0.2) is 11.5 Å². The van der Waals surface area contributed by atoms with Gasteiger partial charge in [-0.25, -0.2) is 4.98 Å². The molecule has 3 rings (SSSR count). The molecule has 0 saturated carbocycles. The van der Waals surface area contributed by atoms with Crippen LogP contribution in [0.15, 0.2) is 53.6 Å². The molecule has 1 N–H and O–H groups in total. The minimum Gasteiger partial charge on any atom is -0.504 e. The maximum Gasteiger partial charge on any atom is 0.313 e. The molecule has 0 aliphatic carbocycles. The summed E-state index contributed by atoms with van der Waals surface area (Å²) >= 11 is 0. The molecule has 5 heteroatoms. The van der Waals surface area contributed by atoms with Crippen molar-refractivity contribution in [3.63, 3.8) is 0 Å². The molecule has 1 heterocycles. The molecule has 0 unspecified atom stereocenters. The van der Waals surface area contributed by atoms with Crippen molar-refractivity contribution in [2.45, 2.75) is 0 Å². The number of phenolic OH excluding ortho intramolecular Hbond substituents is 1. The van der Waals surface area contributed by atoms with Gasteiger partial charge in [-0.15, -0.1) is 0 Å². The fraction of sp³-hybridized carbons (Fsp3) is 0.0667. The van der Waals surface area contributed by atoms with E-state index < -0.39 is 0 Å². The number of nitrogens with zero attached hydrogens (tertiary/aromatic N) is 2. The Morgan fingerprint density at radius 3 is 2.65 bits per heavy atom. The monoisotopic (exact) mass is 268 g/mol. The van der Waals surface area contributed by atoms with Gasteiger partial charge in [0.1, 0.15) is 0 Å². The van der Waals surface area contributed by atoms with Crippen LogP contribution < -0.4 is 10.3 Å². The second kappa shape index (κ2) is 4.70. The summed E-state index contributed by atoms with van der Waals surface area (Å²) < 4.78 is 6.80. The van der Waals surface area contributed by atoms with Crippen LogP contribution in [0.4, 0.5) is 0 Å². The summed E-state index contributed by atoms with van der Waals surface area (Å²) in [6, 6.07) is 10.8. The number of ether oxygens (including phenoxy) is 1. The zero-order valence-corrected chi connectivity index (χ0v) is 10.8. The van der Waals surface area contributed by atoms with Crippen LogP contribution in [-0.4, -0.2) is 14.7 Å². The summed E-state index contributed by atoms with van der Waals surface area (Å²) in [7, 11) is 1.61. The van der Waals surface area contributed by atoms with Gasteiger partial charge in [-0.05, 0) is 22.9 Å². The highest BCUT2D eigenvalue weighted by atomic mass is 16.5. The van der Waals surface area contributed by atoms with Crippen LogP contribution >= 0.6 is 0 Å². The molecule has 0 amide bonds. The Balaban J connectivity index is 2.08. The van der Waals surface area contributed by atoms with Gasteiger partial charge in [0.25, 0.3) is 5.88 Å². The third-order valence-corrected chi connectivity index (χ3v) is 3.02. The van der Waals surface area contributed by atoms with Crippen molar-refractivity contribution >= 4 is 10.8 Å². The lowest BCUT2D eigenvalue weighted by atomic mass is 10.1. The molecular formula is C15H12N2O3. The highest BCUT2D eigenvalue weighted by molar-refractivity contribution is 5.85. The lowest BCUT2D eigenvalue weighted by Crippen LogP contribution is -2.18. The van der Waals surface area contributed by atoms with E-state index in [2.05, 4.69) is 4.98 Å². The molecule has 2 aromatic carbocycles. The first-order chi connectivity index (χ1) is 9.65. The van der Waals surface area contributed by atoms with Crippen molar-refractivity contribution in [1.29, 1.82) is 0 Å². The summed E-state index contributed by atoms with van der Waals surface area (Å²) in [4.78, 5) is 15.7. The zero-order valence-electron chi connectivity index (χ0n) is 10.8. The third-order valence-electron chi connectivity index (χ3n) is 3.02. The number of rotatable bonds is 2. The smallest absolute Gasteiger partial charge is 0.313 e. The highest BCUT2D eigenvalue weighted by Crippen LogP contribution is 2.33. The third kappa shape index (κ3) is 2.09. The van der Waals surface area contributed by atoms with Gasteiger partial charge < -0.3 is 14.4 Å². The Bertz CT molecular complexity index is 840. The molecule has 1 aromatic heterocycles. The van der Waals surface area contributed by atoms with E-state index in [0.717, 1.165) is 10.8 Å². The molecule has 0 aliphatic rings. The molecule has 3 aromatic rings. The Kier molecular flexibility index (Phi) is 2.87. The van der Waals surface area contributed by atoms with Crippen molar-refractivity contribution in [2.75, 3.05) is 0 Å². The number of hydrogen-bond acceptors (Lipinski definition) is 4. The van der Waals surface area contributed by atoms with Crippen LogP contribution in [0.5, 0.6) is 17.4 Å². The van der Waals surface area contributed by atoms with Crippen LogP contribution in [0.3, 0.4) is 0 Å². The zero-order chi connectivity index (χ0) is 14.1. The Morgan fingerprint density at radius 1 is 1.20 bits per heavy atom. The van der Waals surface area contributed by atoms with Gasteiger partial charge in [-0.3, -0.25) is 4.79 Å². The molecule has 0 saturated heterocycles. The van der Waals surface area contributed by atoms with Crippen LogP contribution in [0.25, 0.3) is 10.8 Å². The van der Waals surface area contributed by atoms with Crippen molar-refractivity contribution in [1.82, 2.24) is 9.55 Å². The standard InChI is InChI=1S/C15H12N2O3/c1-17-7-6-16-14(15(17)19)20-13-9-11-5-3-2-4-10(11)8-12(13)18/h2-9,18H,1H3. The second-order valence-corrected chi connectivity index (χ2v) is 4.42. The van der Waals surface area contributed by atoms with Gasteiger partial charge in [0, 0.05) is 19.4 Å². The van der Waals surface area contributed by atoms with E-state index in [1.807, 2.05) is 24.3 Å². The van der Waals surface area contributed by atoms with E-state index in [-0.39, 0.29) is 22.9 Å².